The summed E-state index contributed by atoms with van der Waals surface area (Å²) in [5.74, 6) is -0.126. The van der Waals surface area contributed by atoms with Gasteiger partial charge in [0, 0.05) is 11.9 Å². The normalized spacial score (nSPS) is 12.0. The van der Waals surface area contributed by atoms with Gasteiger partial charge in [0.2, 0.25) is 0 Å². The zero-order valence-corrected chi connectivity index (χ0v) is 15.8. The summed E-state index contributed by atoms with van der Waals surface area (Å²) >= 11 is 0. The van der Waals surface area contributed by atoms with E-state index in [1.807, 2.05) is 74.6 Å². The zero-order valence-electron chi connectivity index (χ0n) is 15.8. The van der Waals surface area contributed by atoms with Gasteiger partial charge in [-0.2, -0.15) is 0 Å². The largest absolute Gasteiger partial charge is 0.458 e. The molecular weight excluding hydrogens is 336 g/mol. The van der Waals surface area contributed by atoms with Crippen LogP contribution in [0.1, 0.15) is 30.7 Å². The maximum atomic E-state index is 12.7. The second kappa shape index (κ2) is 9.08. The van der Waals surface area contributed by atoms with Gasteiger partial charge in [-0.15, -0.1) is 0 Å². The molecule has 0 radical (unpaired) electrons. The molecule has 0 spiro atoms. The number of benzene rings is 2. The second-order valence-corrected chi connectivity index (χ2v) is 6.98. The van der Waals surface area contributed by atoms with Gasteiger partial charge in [-0.3, -0.25) is 0 Å². The van der Waals surface area contributed by atoms with Crippen LogP contribution < -0.4 is 5.32 Å². The van der Waals surface area contributed by atoms with Gasteiger partial charge in [0.15, 0.2) is 0 Å². The van der Waals surface area contributed by atoms with Crippen LogP contribution in [0.15, 0.2) is 72.9 Å². The minimum absolute atomic E-state index is 0.116. The third kappa shape index (κ3) is 5.23. The molecule has 27 heavy (non-hydrogen) atoms. The van der Waals surface area contributed by atoms with E-state index in [0.29, 0.717) is 0 Å². The van der Waals surface area contributed by atoms with E-state index < -0.39 is 0 Å². The van der Waals surface area contributed by atoms with Crippen molar-refractivity contribution in [3.8, 4) is 0 Å². The van der Waals surface area contributed by atoms with Gasteiger partial charge in [0.25, 0.3) is 0 Å². The molecule has 0 aliphatic rings. The Morgan fingerprint density at radius 2 is 1.67 bits per heavy atom. The number of para-hydroxylation sites is 1. The average Bonchev–Trinajstić information content (AvgIpc) is 3.12. The molecule has 1 atom stereocenters. The number of esters is 1. The molecule has 0 aliphatic carbocycles. The van der Waals surface area contributed by atoms with E-state index in [4.69, 9.17) is 4.74 Å². The van der Waals surface area contributed by atoms with E-state index in [0.717, 1.165) is 23.4 Å². The zero-order chi connectivity index (χ0) is 19.1. The van der Waals surface area contributed by atoms with Crippen molar-refractivity contribution in [2.75, 3.05) is 5.32 Å². The molecule has 2 aromatic carbocycles. The Labute approximate surface area is 160 Å². The highest BCUT2D eigenvalue weighted by Gasteiger charge is 2.24. The Hall–Kier alpha value is -3.01. The van der Waals surface area contributed by atoms with Crippen molar-refractivity contribution in [3.05, 3.63) is 89.7 Å². The Morgan fingerprint density at radius 3 is 2.33 bits per heavy atom. The third-order valence-corrected chi connectivity index (χ3v) is 4.54. The van der Waals surface area contributed by atoms with Crippen LogP contribution in [-0.2, 0) is 22.6 Å². The van der Waals surface area contributed by atoms with Gasteiger partial charge in [0.1, 0.15) is 12.6 Å². The summed E-state index contributed by atoms with van der Waals surface area (Å²) in [4.78, 5) is 15.9. The predicted molar refractivity (Wildman–Crippen MR) is 109 cm³/mol. The molecule has 1 heterocycles. The fourth-order valence-corrected chi connectivity index (χ4v) is 3.00. The number of hydrogen-bond donors (Lipinski definition) is 2. The van der Waals surface area contributed by atoms with E-state index in [2.05, 4.69) is 22.4 Å². The standard InChI is InChI=1S/C23H26N2O2/c1-17(2)22(25-20-11-7-4-8-12-20)23(26)27-16-21-19(13-14-24-21)15-18-9-5-3-6-10-18/h3-14,17,22,24-25H,15-16H2,1-2H3. The van der Waals surface area contributed by atoms with Gasteiger partial charge in [-0.05, 0) is 41.7 Å². The maximum absolute atomic E-state index is 12.7. The molecule has 0 saturated heterocycles. The third-order valence-electron chi connectivity index (χ3n) is 4.54. The first kappa shape index (κ1) is 18.8. The summed E-state index contributed by atoms with van der Waals surface area (Å²) in [6, 6.07) is 21.7. The molecule has 4 nitrogen and oxygen atoms in total. The SMILES string of the molecule is CC(C)C(Nc1ccccc1)C(=O)OCc1[nH]ccc1Cc1ccccc1. The fourth-order valence-electron chi connectivity index (χ4n) is 3.00. The Balaban J connectivity index is 1.62. The molecular formula is C23H26N2O2. The highest BCUT2D eigenvalue weighted by atomic mass is 16.5. The van der Waals surface area contributed by atoms with Gasteiger partial charge < -0.3 is 15.0 Å². The molecule has 140 valence electrons. The average molecular weight is 362 g/mol. The van der Waals surface area contributed by atoms with E-state index >= 15 is 0 Å². The molecule has 0 aliphatic heterocycles. The number of aromatic nitrogens is 1. The van der Waals surface area contributed by atoms with Crippen molar-refractivity contribution in [3.63, 3.8) is 0 Å². The van der Waals surface area contributed by atoms with E-state index in [1.165, 1.54) is 5.56 Å². The minimum atomic E-state index is -0.389. The predicted octanol–water partition coefficient (Wildman–Crippen LogP) is 4.79. The molecule has 1 unspecified atom stereocenters. The van der Waals surface area contributed by atoms with Crippen LogP contribution >= 0.6 is 0 Å². The van der Waals surface area contributed by atoms with Crippen LogP contribution in [0.2, 0.25) is 0 Å². The number of hydrogen-bond acceptors (Lipinski definition) is 3. The van der Waals surface area contributed by atoms with Crippen LogP contribution in [0.3, 0.4) is 0 Å². The fraction of sp³-hybridized carbons (Fsp3) is 0.261. The lowest BCUT2D eigenvalue weighted by molar-refractivity contribution is -0.147. The van der Waals surface area contributed by atoms with Crippen molar-refractivity contribution in [2.24, 2.45) is 5.92 Å². The van der Waals surface area contributed by atoms with Crippen LogP contribution in [0.25, 0.3) is 0 Å². The number of carbonyl (C=O) groups excluding carboxylic acids is 1. The lowest BCUT2D eigenvalue weighted by Crippen LogP contribution is -2.36. The summed E-state index contributed by atoms with van der Waals surface area (Å²) < 4.78 is 5.63. The quantitative estimate of drug-likeness (QED) is 0.567. The van der Waals surface area contributed by atoms with Crippen molar-refractivity contribution in [2.45, 2.75) is 32.9 Å². The minimum Gasteiger partial charge on any atom is -0.458 e. The van der Waals surface area contributed by atoms with Crippen molar-refractivity contribution in [1.82, 2.24) is 4.98 Å². The number of carbonyl (C=O) groups is 1. The molecule has 4 heteroatoms. The number of aromatic amines is 1. The molecule has 0 amide bonds. The van der Waals surface area contributed by atoms with Crippen LogP contribution in [0.5, 0.6) is 0 Å². The monoisotopic (exact) mass is 362 g/mol. The number of nitrogens with one attached hydrogen (secondary N) is 2. The van der Waals surface area contributed by atoms with Gasteiger partial charge in [-0.25, -0.2) is 4.79 Å². The highest BCUT2D eigenvalue weighted by Crippen LogP contribution is 2.17. The van der Waals surface area contributed by atoms with Gasteiger partial charge in [-0.1, -0.05) is 62.4 Å². The second-order valence-electron chi connectivity index (χ2n) is 6.98. The van der Waals surface area contributed by atoms with Crippen LogP contribution in [0.4, 0.5) is 5.69 Å². The molecule has 0 fully saturated rings. The van der Waals surface area contributed by atoms with E-state index in [1.54, 1.807) is 0 Å². The first-order valence-electron chi connectivity index (χ1n) is 9.31. The van der Waals surface area contributed by atoms with E-state index in [-0.39, 0.29) is 24.5 Å². The van der Waals surface area contributed by atoms with Gasteiger partial charge in [0.05, 0.1) is 5.69 Å². The Morgan fingerprint density at radius 1 is 1.00 bits per heavy atom. The summed E-state index contributed by atoms with van der Waals surface area (Å²) in [6.07, 6.45) is 2.71. The lowest BCUT2D eigenvalue weighted by Gasteiger charge is -2.22. The van der Waals surface area contributed by atoms with Crippen molar-refractivity contribution < 1.29 is 9.53 Å². The molecule has 3 aromatic rings. The summed E-state index contributed by atoms with van der Waals surface area (Å²) in [5.41, 5.74) is 4.23. The number of anilines is 1. The number of rotatable bonds is 8. The molecule has 2 N–H and O–H groups in total. The number of H-pyrrole nitrogens is 1. The lowest BCUT2D eigenvalue weighted by atomic mass is 10.0. The number of ether oxygens (including phenoxy) is 1. The summed E-state index contributed by atoms with van der Waals surface area (Å²) in [6.45, 7) is 4.27. The molecule has 0 saturated carbocycles. The van der Waals surface area contributed by atoms with Crippen LogP contribution in [-0.4, -0.2) is 17.0 Å². The first-order chi connectivity index (χ1) is 13.1. The highest BCUT2D eigenvalue weighted by molar-refractivity contribution is 5.79. The summed E-state index contributed by atoms with van der Waals surface area (Å²) in [7, 11) is 0. The van der Waals surface area contributed by atoms with E-state index in [9.17, 15) is 4.79 Å². The first-order valence-corrected chi connectivity index (χ1v) is 9.31. The smallest absolute Gasteiger partial charge is 0.329 e. The molecule has 0 bridgehead atoms. The topological polar surface area (TPSA) is 54.1 Å². The summed E-state index contributed by atoms with van der Waals surface area (Å²) in [5, 5.41) is 3.28. The maximum Gasteiger partial charge on any atom is 0.329 e. The Kier molecular flexibility index (Phi) is 6.31. The molecule has 3 rings (SSSR count). The van der Waals surface area contributed by atoms with Crippen molar-refractivity contribution in [1.29, 1.82) is 0 Å². The van der Waals surface area contributed by atoms with Crippen LogP contribution in [0, 0.1) is 5.92 Å². The molecule has 1 aromatic heterocycles. The Bertz CT molecular complexity index is 841. The van der Waals surface area contributed by atoms with Gasteiger partial charge >= 0.3 is 5.97 Å². The van der Waals surface area contributed by atoms with Crippen molar-refractivity contribution >= 4 is 11.7 Å².